The third kappa shape index (κ3) is 3.62. The van der Waals surface area contributed by atoms with Crippen molar-refractivity contribution in [1.82, 2.24) is 0 Å². The summed E-state index contributed by atoms with van der Waals surface area (Å²) in [6.45, 7) is 2.69. The van der Waals surface area contributed by atoms with E-state index in [1.54, 1.807) is 13.2 Å². The van der Waals surface area contributed by atoms with Crippen LogP contribution in [-0.4, -0.2) is 30.5 Å². The molecule has 2 atom stereocenters. The van der Waals surface area contributed by atoms with Gasteiger partial charge in [0.2, 0.25) is 0 Å². The van der Waals surface area contributed by atoms with Gasteiger partial charge in [-0.2, -0.15) is 0 Å². The lowest BCUT2D eigenvalue weighted by Crippen LogP contribution is -2.42. The quantitative estimate of drug-likeness (QED) is 0.923. The molecule has 3 nitrogen and oxygen atoms in total. The van der Waals surface area contributed by atoms with E-state index in [4.69, 9.17) is 21.1 Å². The molecule has 1 aromatic carbocycles. The van der Waals surface area contributed by atoms with Crippen molar-refractivity contribution < 1.29 is 14.6 Å². The summed E-state index contributed by atoms with van der Waals surface area (Å²) in [6, 6.07) is 5.51. The lowest BCUT2D eigenvalue weighted by atomic mass is 9.84. The van der Waals surface area contributed by atoms with E-state index >= 15 is 0 Å². The average Bonchev–Trinajstić information content (AvgIpc) is 2.38. The summed E-state index contributed by atoms with van der Waals surface area (Å²) in [5.74, 6) is 0.775. The van der Waals surface area contributed by atoms with Crippen LogP contribution in [0.4, 0.5) is 0 Å². The second kappa shape index (κ2) is 6.12. The summed E-state index contributed by atoms with van der Waals surface area (Å²) in [6.07, 6.45) is 2.94. The Labute approximate surface area is 119 Å². The number of hydrogen-bond donors (Lipinski definition) is 1. The predicted octanol–water partition coefficient (Wildman–Crippen LogP) is 3.21. The van der Waals surface area contributed by atoms with Gasteiger partial charge < -0.3 is 14.6 Å². The van der Waals surface area contributed by atoms with Crippen molar-refractivity contribution in [3.8, 4) is 5.75 Å². The Morgan fingerprint density at radius 3 is 3.00 bits per heavy atom. The van der Waals surface area contributed by atoms with Crippen molar-refractivity contribution in [3.63, 3.8) is 0 Å². The number of halogens is 1. The highest BCUT2D eigenvalue weighted by Gasteiger charge is 2.35. The van der Waals surface area contributed by atoms with Crippen molar-refractivity contribution in [2.24, 2.45) is 0 Å². The van der Waals surface area contributed by atoms with Gasteiger partial charge in [0.1, 0.15) is 5.75 Å². The molecule has 0 bridgehead atoms. The SMILES string of the molecule is CCC1CC(O)(Cc2cc(Cl)ccc2OC)CCO1. The summed E-state index contributed by atoms with van der Waals surface area (Å²) >= 11 is 6.03. The van der Waals surface area contributed by atoms with E-state index in [1.807, 2.05) is 12.1 Å². The van der Waals surface area contributed by atoms with Crippen LogP contribution in [0.5, 0.6) is 5.75 Å². The first-order chi connectivity index (χ1) is 9.06. The van der Waals surface area contributed by atoms with Crippen LogP contribution in [0, 0.1) is 0 Å². The number of hydrogen-bond acceptors (Lipinski definition) is 3. The average molecular weight is 285 g/mol. The highest BCUT2D eigenvalue weighted by Crippen LogP contribution is 2.33. The topological polar surface area (TPSA) is 38.7 Å². The second-order valence-corrected chi connectivity index (χ2v) is 5.65. The smallest absolute Gasteiger partial charge is 0.122 e. The molecule has 4 heteroatoms. The van der Waals surface area contributed by atoms with Crippen LogP contribution in [0.25, 0.3) is 0 Å². The highest BCUT2D eigenvalue weighted by atomic mass is 35.5. The largest absolute Gasteiger partial charge is 0.496 e. The highest BCUT2D eigenvalue weighted by molar-refractivity contribution is 6.30. The molecule has 0 aromatic heterocycles. The number of methoxy groups -OCH3 is 1. The van der Waals surface area contributed by atoms with Crippen LogP contribution < -0.4 is 4.74 Å². The molecule has 0 aliphatic carbocycles. The fourth-order valence-corrected chi connectivity index (χ4v) is 2.86. The van der Waals surface area contributed by atoms with Crippen LogP contribution >= 0.6 is 11.6 Å². The van der Waals surface area contributed by atoms with Crippen LogP contribution in [0.2, 0.25) is 5.02 Å². The molecule has 0 spiro atoms. The van der Waals surface area contributed by atoms with E-state index < -0.39 is 5.60 Å². The van der Waals surface area contributed by atoms with Crippen molar-refractivity contribution >= 4 is 11.6 Å². The Balaban J connectivity index is 2.17. The molecule has 19 heavy (non-hydrogen) atoms. The summed E-state index contributed by atoms with van der Waals surface area (Å²) < 4.78 is 11.0. The summed E-state index contributed by atoms with van der Waals surface area (Å²) in [5, 5.41) is 11.4. The van der Waals surface area contributed by atoms with Crippen LogP contribution in [-0.2, 0) is 11.2 Å². The third-order valence-corrected chi connectivity index (χ3v) is 3.98. The van der Waals surface area contributed by atoms with Crippen LogP contribution in [0.3, 0.4) is 0 Å². The Morgan fingerprint density at radius 1 is 1.53 bits per heavy atom. The molecule has 0 saturated carbocycles. The minimum atomic E-state index is -0.725. The van der Waals surface area contributed by atoms with Crippen molar-refractivity contribution in [1.29, 1.82) is 0 Å². The molecule has 1 heterocycles. The van der Waals surface area contributed by atoms with Gasteiger partial charge in [0, 0.05) is 24.5 Å². The fourth-order valence-electron chi connectivity index (χ4n) is 2.66. The van der Waals surface area contributed by atoms with E-state index in [9.17, 15) is 5.11 Å². The molecule has 1 saturated heterocycles. The van der Waals surface area contributed by atoms with Gasteiger partial charge in [0.25, 0.3) is 0 Å². The zero-order valence-electron chi connectivity index (χ0n) is 11.5. The lowest BCUT2D eigenvalue weighted by Gasteiger charge is -2.37. The number of aliphatic hydroxyl groups is 1. The van der Waals surface area contributed by atoms with Gasteiger partial charge in [-0.25, -0.2) is 0 Å². The van der Waals surface area contributed by atoms with Gasteiger partial charge in [-0.3, -0.25) is 0 Å². The number of rotatable bonds is 4. The first kappa shape index (κ1) is 14.6. The van der Waals surface area contributed by atoms with Crippen LogP contribution in [0.1, 0.15) is 31.7 Å². The lowest BCUT2D eigenvalue weighted by molar-refractivity contribution is -0.103. The Kier molecular flexibility index (Phi) is 4.71. The van der Waals surface area contributed by atoms with Gasteiger partial charge in [0.15, 0.2) is 0 Å². The van der Waals surface area contributed by atoms with Crippen LogP contribution in [0.15, 0.2) is 18.2 Å². The van der Waals surface area contributed by atoms with Gasteiger partial charge in [-0.1, -0.05) is 18.5 Å². The molecule has 1 N–H and O–H groups in total. The molecule has 1 fully saturated rings. The monoisotopic (exact) mass is 284 g/mol. The van der Waals surface area contributed by atoms with Gasteiger partial charge in [0.05, 0.1) is 18.8 Å². The maximum Gasteiger partial charge on any atom is 0.122 e. The van der Waals surface area contributed by atoms with Gasteiger partial charge >= 0.3 is 0 Å². The molecule has 2 unspecified atom stereocenters. The maximum atomic E-state index is 10.8. The molecule has 0 radical (unpaired) electrons. The Bertz CT molecular complexity index is 435. The van der Waals surface area contributed by atoms with E-state index in [-0.39, 0.29) is 6.10 Å². The fraction of sp³-hybridized carbons (Fsp3) is 0.600. The predicted molar refractivity (Wildman–Crippen MR) is 75.9 cm³/mol. The molecule has 1 aliphatic heterocycles. The zero-order valence-corrected chi connectivity index (χ0v) is 12.2. The summed E-state index contributed by atoms with van der Waals surface area (Å²) in [4.78, 5) is 0. The standard InChI is InChI=1S/C15H21ClO3/c1-3-13-10-15(17,6-7-19-13)9-11-8-12(16)4-5-14(11)18-2/h4-5,8,13,17H,3,6-7,9-10H2,1-2H3. The molecule has 0 amide bonds. The minimum Gasteiger partial charge on any atom is -0.496 e. The van der Waals surface area contributed by atoms with E-state index in [0.29, 0.717) is 30.9 Å². The van der Waals surface area contributed by atoms with E-state index in [2.05, 4.69) is 6.92 Å². The normalized spacial score (nSPS) is 27.3. The molecule has 2 rings (SSSR count). The van der Waals surface area contributed by atoms with Crippen molar-refractivity contribution in [2.45, 2.75) is 44.3 Å². The van der Waals surface area contributed by atoms with Gasteiger partial charge in [-0.05, 0) is 36.6 Å². The van der Waals surface area contributed by atoms with E-state index in [1.165, 1.54) is 0 Å². The first-order valence-corrected chi connectivity index (χ1v) is 7.10. The Morgan fingerprint density at radius 2 is 2.32 bits per heavy atom. The second-order valence-electron chi connectivity index (χ2n) is 5.21. The van der Waals surface area contributed by atoms with Crippen molar-refractivity contribution in [3.05, 3.63) is 28.8 Å². The number of benzene rings is 1. The summed E-state index contributed by atoms with van der Waals surface area (Å²) in [7, 11) is 1.63. The molecule has 1 aromatic rings. The molecular formula is C15H21ClO3. The van der Waals surface area contributed by atoms with Gasteiger partial charge in [-0.15, -0.1) is 0 Å². The maximum absolute atomic E-state index is 10.8. The molecular weight excluding hydrogens is 264 g/mol. The minimum absolute atomic E-state index is 0.143. The first-order valence-electron chi connectivity index (χ1n) is 6.73. The number of ether oxygens (including phenoxy) is 2. The third-order valence-electron chi connectivity index (χ3n) is 3.75. The summed E-state index contributed by atoms with van der Waals surface area (Å²) in [5.41, 5.74) is 0.228. The van der Waals surface area contributed by atoms with E-state index in [0.717, 1.165) is 17.7 Å². The Hall–Kier alpha value is -0.770. The molecule has 1 aliphatic rings. The molecule has 106 valence electrons. The van der Waals surface area contributed by atoms with Crippen molar-refractivity contribution in [2.75, 3.05) is 13.7 Å². The zero-order chi connectivity index (χ0) is 13.9.